The van der Waals surface area contributed by atoms with E-state index in [1.807, 2.05) is 6.92 Å². The highest BCUT2D eigenvalue weighted by Gasteiger charge is 2.08. The third-order valence-corrected chi connectivity index (χ3v) is 2.36. The maximum Gasteiger partial charge on any atom is 0.349 e. The van der Waals surface area contributed by atoms with Gasteiger partial charge in [0.25, 0.3) is 0 Å². The Bertz CT molecular complexity index is 257. The number of thiazole rings is 1. The Morgan fingerprint density at radius 1 is 1.82 bits per heavy atom. The number of methoxy groups -OCH3 is 1. The van der Waals surface area contributed by atoms with Crippen LogP contribution in [0.15, 0.2) is 6.20 Å². The van der Waals surface area contributed by atoms with E-state index >= 15 is 0 Å². The molecule has 3 nitrogen and oxygen atoms in total. The Morgan fingerprint density at radius 2 is 2.55 bits per heavy atom. The highest BCUT2D eigenvalue weighted by atomic mass is 32.1. The Hall–Kier alpha value is -0.900. The van der Waals surface area contributed by atoms with Gasteiger partial charge in [-0.3, -0.25) is 0 Å². The second-order valence-corrected chi connectivity index (χ2v) is 3.08. The summed E-state index contributed by atoms with van der Waals surface area (Å²) in [7, 11) is 1.37. The van der Waals surface area contributed by atoms with Crippen LogP contribution < -0.4 is 0 Å². The highest BCUT2D eigenvalue weighted by molar-refractivity contribution is 7.13. The molecule has 0 aliphatic rings. The average Bonchev–Trinajstić information content (AvgIpc) is 2.50. The lowest BCUT2D eigenvalue weighted by Crippen LogP contribution is -1.96. The van der Waals surface area contributed by atoms with E-state index in [1.165, 1.54) is 18.4 Å². The van der Waals surface area contributed by atoms with Crippen LogP contribution in [-0.2, 0) is 11.2 Å². The predicted molar refractivity (Wildman–Crippen MR) is 42.8 cm³/mol. The first-order valence-electron chi connectivity index (χ1n) is 3.31. The topological polar surface area (TPSA) is 39.2 Å². The van der Waals surface area contributed by atoms with Gasteiger partial charge in [0.2, 0.25) is 0 Å². The molecule has 11 heavy (non-hydrogen) atoms. The highest BCUT2D eigenvalue weighted by Crippen LogP contribution is 2.13. The van der Waals surface area contributed by atoms with Crippen molar-refractivity contribution in [2.45, 2.75) is 13.3 Å². The van der Waals surface area contributed by atoms with E-state index in [1.54, 1.807) is 6.20 Å². The number of ether oxygens (including phenoxy) is 1. The molecule has 1 aromatic rings. The van der Waals surface area contributed by atoms with Gasteiger partial charge in [-0.2, -0.15) is 0 Å². The number of carbonyl (C=O) groups excluding carboxylic acids is 1. The Kier molecular flexibility index (Phi) is 2.59. The molecule has 0 atom stereocenters. The van der Waals surface area contributed by atoms with Crippen molar-refractivity contribution in [3.05, 3.63) is 16.1 Å². The molecule has 60 valence electrons. The molecule has 0 radical (unpaired) electrons. The summed E-state index contributed by atoms with van der Waals surface area (Å²) in [6.07, 6.45) is 2.41. The van der Waals surface area contributed by atoms with E-state index in [9.17, 15) is 4.79 Å². The van der Waals surface area contributed by atoms with E-state index in [-0.39, 0.29) is 5.97 Å². The summed E-state index contributed by atoms with van der Waals surface area (Å²) < 4.78 is 4.53. The number of aromatic nitrogens is 1. The zero-order valence-corrected chi connectivity index (χ0v) is 7.27. The Balaban J connectivity index is 2.80. The molecule has 0 N–H and O–H groups in total. The fourth-order valence-corrected chi connectivity index (χ4v) is 1.44. The summed E-state index contributed by atoms with van der Waals surface area (Å²) in [5.41, 5.74) is 0. The van der Waals surface area contributed by atoms with Gasteiger partial charge in [0.1, 0.15) is 4.88 Å². The number of hydrogen-bond acceptors (Lipinski definition) is 4. The molecule has 1 aromatic heterocycles. The number of carbonyl (C=O) groups is 1. The molecule has 1 rings (SSSR count). The first-order valence-corrected chi connectivity index (χ1v) is 4.12. The summed E-state index contributed by atoms with van der Waals surface area (Å²) in [6.45, 7) is 2.00. The fourth-order valence-electron chi connectivity index (χ4n) is 0.669. The van der Waals surface area contributed by atoms with Crippen LogP contribution in [0.1, 0.15) is 21.6 Å². The molecule has 0 saturated carbocycles. The Labute approximate surface area is 69.0 Å². The van der Waals surface area contributed by atoms with Gasteiger partial charge in [-0.25, -0.2) is 9.78 Å². The van der Waals surface area contributed by atoms with Gasteiger partial charge in [0.15, 0.2) is 0 Å². The molecular weight excluding hydrogens is 162 g/mol. The van der Waals surface area contributed by atoms with Crippen LogP contribution in [0.2, 0.25) is 0 Å². The minimum Gasteiger partial charge on any atom is -0.465 e. The van der Waals surface area contributed by atoms with E-state index in [0.29, 0.717) is 4.88 Å². The number of hydrogen-bond donors (Lipinski definition) is 0. The Morgan fingerprint density at radius 3 is 3.00 bits per heavy atom. The quantitative estimate of drug-likeness (QED) is 0.633. The second-order valence-electron chi connectivity index (χ2n) is 1.96. The van der Waals surface area contributed by atoms with Gasteiger partial charge >= 0.3 is 5.97 Å². The molecule has 0 aliphatic heterocycles. The van der Waals surface area contributed by atoms with Gasteiger partial charge < -0.3 is 4.74 Å². The molecule has 0 fully saturated rings. The first kappa shape index (κ1) is 8.20. The fraction of sp³-hybridized carbons (Fsp3) is 0.429. The van der Waals surface area contributed by atoms with Crippen molar-refractivity contribution in [2.24, 2.45) is 0 Å². The zero-order valence-electron chi connectivity index (χ0n) is 6.46. The van der Waals surface area contributed by atoms with E-state index in [2.05, 4.69) is 9.72 Å². The number of rotatable bonds is 2. The SMILES string of the molecule is CCc1ncc(C(=O)OC)s1. The van der Waals surface area contributed by atoms with Crippen LogP contribution in [0.25, 0.3) is 0 Å². The van der Waals surface area contributed by atoms with Gasteiger partial charge in [0, 0.05) is 0 Å². The molecule has 0 unspecified atom stereocenters. The first-order chi connectivity index (χ1) is 5.27. The van der Waals surface area contributed by atoms with E-state index in [4.69, 9.17) is 0 Å². The molecule has 0 bridgehead atoms. The van der Waals surface area contributed by atoms with Crippen LogP contribution in [0.4, 0.5) is 0 Å². The average molecular weight is 171 g/mol. The van der Waals surface area contributed by atoms with Gasteiger partial charge in [-0.1, -0.05) is 6.92 Å². The second kappa shape index (κ2) is 3.48. The molecule has 0 aromatic carbocycles. The standard InChI is InChI=1S/C7H9NO2S/c1-3-6-8-4-5(11-6)7(9)10-2/h4H,3H2,1-2H3. The van der Waals surface area contributed by atoms with Crippen molar-refractivity contribution in [3.63, 3.8) is 0 Å². The third kappa shape index (κ3) is 1.77. The van der Waals surface area contributed by atoms with E-state index in [0.717, 1.165) is 11.4 Å². The molecular formula is C7H9NO2S. The molecule has 0 amide bonds. The maximum atomic E-state index is 10.9. The van der Waals surface area contributed by atoms with Crippen molar-refractivity contribution in [2.75, 3.05) is 7.11 Å². The van der Waals surface area contributed by atoms with Gasteiger partial charge in [0.05, 0.1) is 18.3 Å². The van der Waals surface area contributed by atoms with Crippen molar-refractivity contribution in [3.8, 4) is 0 Å². The van der Waals surface area contributed by atoms with Crippen LogP contribution >= 0.6 is 11.3 Å². The predicted octanol–water partition coefficient (Wildman–Crippen LogP) is 1.49. The van der Waals surface area contributed by atoms with Crippen LogP contribution in [0.5, 0.6) is 0 Å². The van der Waals surface area contributed by atoms with Crippen molar-refractivity contribution in [1.82, 2.24) is 4.98 Å². The lowest BCUT2D eigenvalue weighted by atomic mass is 10.5. The van der Waals surface area contributed by atoms with Crippen LogP contribution in [0, 0.1) is 0 Å². The van der Waals surface area contributed by atoms with E-state index < -0.39 is 0 Å². The lowest BCUT2D eigenvalue weighted by Gasteiger charge is -1.90. The molecule has 0 aliphatic carbocycles. The van der Waals surface area contributed by atoms with Gasteiger partial charge in [-0.15, -0.1) is 11.3 Å². The summed E-state index contributed by atoms with van der Waals surface area (Å²) >= 11 is 1.38. The minimum atomic E-state index is -0.304. The minimum absolute atomic E-state index is 0.304. The summed E-state index contributed by atoms with van der Waals surface area (Å²) in [6, 6.07) is 0. The summed E-state index contributed by atoms with van der Waals surface area (Å²) in [5.74, 6) is -0.304. The smallest absolute Gasteiger partial charge is 0.349 e. The molecule has 0 saturated heterocycles. The lowest BCUT2D eigenvalue weighted by molar-refractivity contribution is 0.0606. The third-order valence-electron chi connectivity index (χ3n) is 1.24. The number of esters is 1. The van der Waals surface area contributed by atoms with Crippen molar-refractivity contribution in [1.29, 1.82) is 0 Å². The van der Waals surface area contributed by atoms with Crippen LogP contribution in [0.3, 0.4) is 0 Å². The maximum absolute atomic E-state index is 10.9. The van der Waals surface area contributed by atoms with Crippen molar-refractivity contribution >= 4 is 17.3 Å². The summed E-state index contributed by atoms with van der Waals surface area (Å²) in [4.78, 5) is 15.5. The molecule has 0 spiro atoms. The largest absolute Gasteiger partial charge is 0.465 e. The number of nitrogens with zero attached hydrogens (tertiary/aromatic N) is 1. The van der Waals surface area contributed by atoms with Crippen LogP contribution in [-0.4, -0.2) is 18.1 Å². The number of aryl methyl sites for hydroxylation is 1. The normalized spacial score (nSPS) is 9.64. The summed E-state index contributed by atoms with van der Waals surface area (Å²) in [5, 5.41) is 0.963. The molecule has 1 heterocycles. The van der Waals surface area contributed by atoms with Crippen molar-refractivity contribution < 1.29 is 9.53 Å². The van der Waals surface area contributed by atoms with Gasteiger partial charge in [-0.05, 0) is 6.42 Å². The molecule has 4 heteroatoms. The zero-order chi connectivity index (χ0) is 8.27. The monoisotopic (exact) mass is 171 g/mol.